The Morgan fingerprint density at radius 3 is 2.38 bits per heavy atom. The summed E-state index contributed by atoms with van der Waals surface area (Å²) < 4.78 is 12.9. The smallest absolute Gasteiger partial charge is 0.141 e. The number of halogens is 1. The van der Waals surface area contributed by atoms with Crippen LogP contribution in [0, 0.1) is 11.7 Å². The molecule has 2 heterocycles. The lowest BCUT2D eigenvalue weighted by Crippen LogP contribution is -2.50. The lowest BCUT2D eigenvalue weighted by Gasteiger charge is -2.38. The predicted octanol–water partition coefficient (Wildman–Crippen LogP) is 1.92. The van der Waals surface area contributed by atoms with Crippen LogP contribution in [0.1, 0.15) is 32.6 Å². The average molecular weight is 295 g/mol. The van der Waals surface area contributed by atoms with E-state index in [1.807, 2.05) is 6.92 Å². The summed E-state index contributed by atoms with van der Waals surface area (Å²) in [6.45, 7) is 11.5. The molecule has 4 nitrogen and oxygen atoms in total. The Morgan fingerprint density at radius 1 is 1.19 bits per heavy atom. The maximum Gasteiger partial charge on any atom is 0.141 e. The first kappa shape index (κ1) is 16.3. The van der Waals surface area contributed by atoms with Crippen LogP contribution in [-0.4, -0.2) is 58.7 Å². The average Bonchev–Trinajstić information content (AvgIpc) is 2.47. The van der Waals surface area contributed by atoms with Crippen molar-refractivity contribution in [2.75, 3.05) is 32.7 Å². The molecule has 21 heavy (non-hydrogen) atoms. The molecule has 2 rings (SSSR count). The van der Waals surface area contributed by atoms with Crippen molar-refractivity contribution in [1.29, 1.82) is 0 Å². The number of aliphatic hydroxyl groups is 1. The molecule has 118 valence electrons. The van der Waals surface area contributed by atoms with Crippen molar-refractivity contribution in [2.24, 2.45) is 5.92 Å². The summed E-state index contributed by atoms with van der Waals surface area (Å²) in [4.78, 5) is 8.83. The number of hydrogen-bond acceptors (Lipinski definition) is 4. The molecule has 1 saturated heterocycles. The minimum absolute atomic E-state index is 0.0774. The van der Waals surface area contributed by atoms with Gasteiger partial charge >= 0.3 is 0 Å². The van der Waals surface area contributed by atoms with E-state index in [-0.39, 0.29) is 11.7 Å². The maximum atomic E-state index is 12.9. The molecule has 0 spiro atoms. The van der Waals surface area contributed by atoms with Gasteiger partial charge in [-0.25, -0.2) is 4.39 Å². The van der Waals surface area contributed by atoms with E-state index < -0.39 is 6.10 Å². The summed E-state index contributed by atoms with van der Waals surface area (Å²) in [5, 5.41) is 10.3. The van der Waals surface area contributed by atoms with Gasteiger partial charge in [-0.05, 0) is 26.0 Å². The topological polar surface area (TPSA) is 39.6 Å². The summed E-state index contributed by atoms with van der Waals surface area (Å²) in [5.41, 5.74) is 0.546. The van der Waals surface area contributed by atoms with Crippen LogP contribution < -0.4 is 0 Å². The second-order valence-corrected chi connectivity index (χ2v) is 6.25. The van der Waals surface area contributed by atoms with E-state index >= 15 is 0 Å². The maximum absolute atomic E-state index is 12.9. The van der Waals surface area contributed by atoms with Crippen LogP contribution in [-0.2, 0) is 0 Å². The Hall–Kier alpha value is -1.04. The number of rotatable bonds is 5. The number of piperazine rings is 1. The SMILES string of the molecule is CC(CN1CCN(C(C)C)CC1)C(O)c1ccc(F)cn1. The standard InChI is InChI=1S/C16H26FN3O/c1-12(2)20-8-6-19(7-9-20)11-13(3)16(21)15-5-4-14(17)10-18-15/h4-5,10,12-13,16,21H,6-9,11H2,1-3H3. The predicted molar refractivity (Wildman–Crippen MR) is 81.5 cm³/mol. The molecule has 1 aliphatic heterocycles. The van der Waals surface area contributed by atoms with E-state index in [0.29, 0.717) is 11.7 Å². The number of aromatic nitrogens is 1. The third-order valence-electron chi connectivity index (χ3n) is 4.28. The highest BCUT2D eigenvalue weighted by atomic mass is 19.1. The van der Waals surface area contributed by atoms with E-state index in [9.17, 15) is 9.50 Å². The van der Waals surface area contributed by atoms with Gasteiger partial charge in [-0.1, -0.05) is 6.92 Å². The molecular weight excluding hydrogens is 269 g/mol. The van der Waals surface area contributed by atoms with Crippen LogP contribution in [0.15, 0.2) is 18.3 Å². The molecule has 0 saturated carbocycles. The van der Waals surface area contributed by atoms with Gasteiger partial charge in [0.2, 0.25) is 0 Å². The highest BCUT2D eigenvalue weighted by molar-refractivity contribution is 5.08. The van der Waals surface area contributed by atoms with Crippen molar-refractivity contribution in [3.63, 3.8) is 0 Å². The van der Waals surface area contributed by atoms with E-state index in [1.165, 1.54) is 6.07 Å². The quantitative estimate of drug-likeness (QED) is 0.901. The van der Waals surface area contributed by atoms with E-state index in [2.05, 4.69) is 28.6 Å². The normalized spacial score (nSPS) is 20.7. The molecule has 1 N–H and O–H groups in total. The summed E-state index contributed by atoms with van der Waals surface area (Å²) in [7, 11) is 0. The second kappa shape index (κ2) is 7.29. The largest absolute Gasteiger partial charge is 0.386 e. The molecule has 5 heteroatoms. The van der Waals surface area contributed by atoms with Crippen molar-refractivity contribution < 1.29 is 9.50 Å². The Morgan fingerprint density at radius 2 is 1.86 bits per heavy atom. The third kappa shape index (κ3) is 4.46. The van der Waals surface area contributed by atoms with Crippen LogP contribution in [0.2, 0.25) is 0 Å². The highest BCUT2D eigenvalue weighted by Gasteiger charge is 2.24. The summed E-state index contributed by atoms with van der Waals surface area (Å²) in [5.74, 6) is -0.294. The minimum atomic E-state index is -0.645. The molecule has 0 bridgehead atoms. The molecular formula is C16H26FN3O. The molecule has 2 unspecified atom stereocenters. The Labute approximate surface area is 126 Å². The third-order valence-corrected chi connectivity index (χ3v) is 4.28. The summed E-state index contributed by atoms with van der Waals surface area (Å²) in [6.07, 6.45) is 0.515. The van der Waals surface area contributed by atoms with E-state index in [4.69, 9.17) is 0 Å². The first-order valence-corrected chi connectivity index (χ1v) is 7.73. The fourth-order valence-corrected chi connectivity index (χ4v) is 2.82. The molecule has 1 fully saturated rings. The van der Waals surface area contributed by atoms with E-state index in [0.717, 1.165) is 38.9 Å². The van der Waals surface area contributed by atoms with Gasteiger partial charge in [-0.2, -0.15) is 0 Å². The fraction of sp³-hybridized carbons (Fsp3) is 0.688. The molecule has 0 radical (unpaired) electrons. The van der Waals surface area contributed by atoms with Gasteiger partial charge in [-0.3, -0.25) is 9.88 Å². The van der Waals surface area contributed by atoms with Crippen molar-refractivity contribution in [3.8, 4) is 0 Å². The number of nitrogens with zero attached hydrogens (tertiary/aromatic N) is 3. The zero-order valence-corrected chi connectivity index (χ0v) is 13.2. The molecule has 1 aliphatic rings. The lowest BCUT2D eigenvalue weighted by molar-refractivity contribution is 0.0552. The number of aliphatic hydroxyl groups excluding tert-OH is 1. The minimum Gasteiger partial charge on any atom is -0.386 e. The van der Waals surface area contributed by atoms with Gasteiger partial charge in [0.05, 0.1) is 18.0 Å². The molecule has 0 aliphatic carbocycles. The first-order chi connectivity index (χ1) is 9.97. The van der Waals surface area contributed by atoms with Crippen LogP contribution in [0.3, 0.4) is 0 Å². The molecule has 0 amide bonds. The fourth-order valence-electron chi connectivity index (χ4n) is 2.82. The Kier molecular flexibility index (Phi) is 5.67. The van der Waals surface area contributed by atoms with Gasteiger partial charge < -0.3 is 10.0 Å². The van der Waals surface area contributed by atoms with Crippen molar-refractivity contribution >= 4 is 0 Å². The molecule has 1 aromatic rings. The van der Waals surface area contributed by atoms with Crippen LogP contribution in [0.4, 0.5) is 4.39 Å². The number of pyridine rings is 1. The lowest BCUT2D eigenvalue weighted by atomic mass is 10.0. The van der Waals surface area contributed by atoms with Gasteiger partial charge in [-0.15, -0.1) is 0 Å². The summed E-state index contributed by atoms with van der Waals surface area (Å²) >= 11 is 0. The van der Waals surface area contributed by atoms with Gasteiger partial charge in [0.1, 0.15) is 5.82 Å². The van der Waals surface area contributed by atoms with Crippen LogP contribution in [0.25, 0.3) is 0 Å². The first-order valence-electron chi connectivity index (χ1n) is 7.73. The van der Waals surface area contributed by atoms with Crippen LogP contribution in [0.5, 0.6) is 0 Å². The van der Waals surface area contributed by atoms with Gasteiger partial charge in [0, 0.05) is 44.7 Å². The summed E-state index contributed by atoms with van der Waals surface area (Å²) in [6, 6.07) is 3.51. The Bertz CT molecular complexity index is 430. The zero-order chi connectivity index (χ0) is 15.4. The van der Waals surface area contributed by atoms with Crippen molar-refractivity contribution in [3.05, 3.63) is 29.8 Å². The van der Waals surface area contributed by atoms with Crippen molar-refractivity contribution in [2.45, 2.75) is 32.9 Å². The Balaban J connectivity index is 1.84. The highest BCUT2D eigenvalue weighted by Crippen LogP contribution is 2.21. The van der Waals surface area contributed by atoms with E-state index in [1.54, 1.807) is 6.07 Å². The van der Waals surface area contributed by atoms with Gasteiger partial charge in [0.25, 0.3) is 0 Å². The van der Waals surface area contributed by atoms with Crippen LogP contribution >= 0.6 is 0 Å². The zero-order valence-electron chi connectivity index (χ0n) is 13.2. The monoisotopic (exact) mass is 295 g/mol. The number of hydrogen-bond donors (Lipinski definition) is 1. The molecule has 0 aromatic carbocycles. The molecule has 2 atom stereocenters. The van der Waals surface area contributed by atoms with Crippen molar-refractivity contribution in [1.82, 2.24) is 14.8 Å². The molecule has 1 aromatic heterocycles. The second-order valence-electron chi connectivity index (χ2n) is 6.25. The van der Waals surface area contributed by atoms with Gasteiger partial charge in [0.15, 0.2) is 0 Å².